The van der Waals surface area contributed by atoms with Crippen LogP contribution in [-0.4, -0.2) is 28.4 Å². The van der Waals surface area contributed by atoms with Crippen molar-refractivity contribution in [2.24, 2.45) is 0 Å². The third kappa shape index (κ3) is 3.83. The molecule has 2 aromatic carbocycles. The van der Waals surface area contributed by atoms with Gasteiger partial charge in [0.25, 0.3) is 5.91 Å². The van der Waals surface area contributed by atoms with E-state index in [2.05, 4.69) is 22.5 Å². The molecule has 0 saturated carbocycles. The van der Waals surface area contributed by atoms with Crippen LogP contribution in [0.4, 0.5) is 5.69 Å². The van der Waals surface area contributed by atoms with Gasteiger partial charge in [-0.15, -0.1) is 0 Å². The Hall–Kier alpha value is -2.92. The Bertz CT molecular complexity index is 866. The minimum atomic E-state index is -0.138. The SMILES string of the molecule is O=C(Nc1cnn(C[C@H]2CCCO2)c1)c1ccc(-c2ccccc2)cc1. The van der Waals surface area contributed by atoms with E-state index in [0.717, 1.165) is 37.1 Å². The maximum absolute atomic E-state index is 12.4. The molecule has 132 valence electrons. The quantitative estimate of drug-likeness (QED) is 0.759. The van der Waals surface area contributed by atoms with Crippen molar-refractivity contribution in [3.05, 3.63) is 72.6 Å². The van der Waals surface area contributed by atoms with E-state index >= 15 is 0 Å². The summed E-state index contributed by atoms with van der Waals surface area (Å²) in [6, 6.07) is 17.7. The Kier molecular flexibility index (Phi) is 4.80. The second-order valence-corrected chi connectivity index (χ2v) is 6.48. The van der Waals surface area contributed by atoms with Gasteiger partial charge in [0, 0.05) is 18.4 Å². The van der Waals surface area contributed by atoms with Crippen LogP contribution in [0.5, 0.6) is 0 Å². The predicted molar refractivity (Wildman–Crippen MR) is 101 cm³/mol. The molecule has 5 heteroatoms. The number of rotatable bonds is 5. The van der Waals surface area contributed by atoms with Crippen LogP contribution < -0.4 is 5.32 Å². The highest BCUT2D eigenvalue weighted by molar-refractivity contribution is 6.04. The zero-order chi connectivity index (χ0) is 17.8. The smallest absolute Gasteiger partial charge is 0.255 e. The highest BCUT2D eigenvalue weighted by Gasteiger charge is 2.16. The lowest BCUT2D eigenvalue weighted by Gasteiger charge is -2.08. The monoisotopic (exact) mass is 347 g/mol. The largest absolute Gasteiger partial charge is 0.376 e. The van der Waals surface area contributed by atoms with Gasteiger partial charge in [-0.05, 0) is 36.1 Å². The van der Waals surface area contributed by atoms with Gasteiger partial charge in [0.15, 0.2) is 0 Å². The van der Waals surface area contributed by atoms with Crippen LogP contribution in [0.2, 0.25) is 0 Å². The number of nitrogens with one attached hydrogen (secondary N) is 1. The summed E-state index contributed by atoms with van der Waals surface area (Å²) in [5, 5.41) is 7.20. The fraction of sp³-hybridized carbons (Fsp3) is 0.238. The van der Waals surface area contributed by atoms with Crippen molar-refractivity contribution in [1.82, 2.24) is 9.78 Å². The molecule has 1 saturated heterocycles. The van der Waals surface area contributed by atoms with Gasteiger partial charge in [0.05, 0.1) is 24.5 Å². The molecule has 0 spiro atoms. The van der Waals surface area contributed by atoms with Crippen LogP contribution in [0.1, 0.15) is 23.2 Å². The van der Waals surface area contributed by atoms with E-state index < -0.39 is 0 Å². The average Bonchev–Trinajstić information content (AvgIpc) is 3.35. The lowest BCUT2D eigenvalue weighted by Crippen LogP contribution is -2.15. The van der Waals surface area contributed by atoms with E-state index in [9.17, 15) is 4.79 Å². The van der Waals surface area contributed by atoms with Crippen LogP contribution in [-0.2, 0) is 11.3 Å². The van der Waals surface area contributed by atoms with Gasteiger partial charge in [0.1, 0.15) is 0 Å². The summed E-state index contributed by atoms with van der Waals surface area (Å²) < 4.78 is 7.44. The first-order chi connectivity index (χ1) is 12.8. The van der Waals surface area contributed by atoms with Gasteiger partial charge >= 0.3 is 0 Å². The zero-order valence-corrected chi connectivity index (χ0v) is 14.5. The average molecular weight is 347 g/mol. The van der Waals surface area contributed by atoms with E-state index in [1.165, 1.54) is 0 Å². The van der Waals surface area contributed by atoms with Crippen LogP contribution in [0, 0.1) is 0 Å². The number of hydrogen-bond acceptors (Lipinski definition) is 3. The molecular formula is C21H21N3O2. The Morgan fingerprint density at radius 3 is 2.62 bits per heavy atom. The molecule has 2 heterocycles. The topological polar surface area (TPSA) is 56.2 Å². The maximum Gasteiger partial charge on any atom is 0.255 e. The Morgan fingerprint density at radius 1 is 1.12 bits per heavy atom. The molecule has 1 fully saturated rings. The molecule has 1 aliphatic heterocycles. The second-order valence-electron chi connectivity index (χ2n) is 6.48. The number of carbonyl (C=O) groups excluding carboxylic acids is 1. The van der Waals surface area contributed by atoms with Crippen molar-refractivity contribution in [3.8, 4) is 11.1 Å². The van der Waals surface area contributed by atoms with Gasteiger partial charge in [-0.1, -0.05) is 42.5 Å². The van der Waals surface area contributed by atoms with Crippen LogP contribution in [0.3, 0.4) is 0 Å². The van der Waals surface area contributed by atoms with Crippen LogP contribution >= 0.6 is 0 Å². The molecule has 0 aliphatic carbocycles. The molecule has 0 unspecified atom stereocenters. The van der Waals surface area contributed by atoms with Crippen LogP contribution in [0.15, 0.2) is 67.0 Å². The van der Waals surface area contributed by atoms with Gasteiger partial charge in [-0.3, -0.25) is 9.48 Å². The molecule has 1 amide bonds. The van der Waals surface area contributed by atoms with Gasteiger partial charge in [0.2, 0.25) is 0 Å². The molecule has 1 atom stereocenters. The molecule has 1 aliphatic rings. The predicted octanol–water partition coefficient (Wildman–Crippen LogP) is 3.98. The number of carbonyl (C=O) groups is 1. The van der Waals surface area contributed by atoms with E-state index in [4.69, 9.17) is 4.74 Å². The van der Waals surface area contributed by atoms with Crippen molar-refractivity contribution in [2.45, 2.75) is 25.5 Å². The number of hydrogen-bond donors (Lipinski definition) is 1. The van der Waals surface area contributed by atoms with Crippen LogP contribution in [0.25, 0.3) is 11.1 Å². The number of ether oxygens (including phenoxy) is 1. The van der Waals surface area contributed by atoms with E-state index in [1.807, 2.05) is 53.3 Å². The molecule has 1 aromatic heterocycles. The maximum atomic E-state index is 12.4. The molecule has 3 aromatic rings. The molecular weight excluding hydrogens is 326 g/mol. The number of anilines is 1. The minimum Gasteiger partial charge on any atom is -0.376 e. The summed E-state index contributed by atoms with van der Waals surface area (Å²) >= 11 is 0. The first-order valence-electron chi connectivity index (χ1n) is 8.89. The summed E-state index contributed by atoms with van der Waals surface area (Å²) in [6.45, 7) is 1.55. The number of amides is 1. The van der Waals surface area contributed by atoms with E-state index in [-0.39, 0.29) is 12.0 Å². The summed E-state index contributed by atoms with van der Waals surface area (Å²) in [4.78, 5) is 12.4. The molecule has 5 nitrogen and oxygen atoms in total. The van der Waals surface area contributed by atoms with Crippen molar-refractivity contribution in [2.75, 3.05) is 11.9 Å². The first kappa shape index (κ1) is 16.5. The van der Waals surface area contributed by atoms with Crippen molar-refractivity contribution < 1.29 is 9.53 Å². The number of benzene rings is 2. The lowest BCUT2D eigenvalue weighted by atomic mass is 10.0. The van der Waals surface area contributed by atoms with Crippen molar-refractivity contribution in [1.29, 1.82) is 0 Å². The second kappa shape index (κ2) is 7.54. The summed E-state index contributed by atoms with van der Waals surface area (Å²) in [7, 11) is 0. The standard InChI is InChI=1S/C21H21N3O2/c25-21(18-10-8-17(9-11-18)16-5-2-1-3-6-16)23-19-13-22-24(14-19)15-20-7-4-12-26-20/h1-3,5-6,8-11,13-14,20H,4,7,12,15H2,(H,23,25)/t20-/m1/s1. The summed E-state index contributed by atoms with van der Waals surface area (Å²) in [5.41, 5.74) is 3.54. The Morgan fingerprint density at radius 2 is 1.88 bits per heavy atom. The fourth-order valence-corrected chi connectivity index (χ4v) is 3.17. The zero-order valence-electron chi connectivity index (χ0n) is 14.5. The van der Waals surface area contributed by atoms with Gasteiger partial charge in [-0.25, -0.2) is 0 Å². The number of nitrogens with zero attached hydrogens (tertiary/aromatic N) is 2. The molecule has 1 N–H and O–H groups in total. The minimum absolute atomic E-state index is 0.138. The first-order valence-corrected chi connectivity index (χ1v) is 8.89. The lowest BCUT2D eigenvalue weighted by molar-refractivity contribution is 0.0940. The molecule has 0 bridgehead atoms. The summed E-state index contributed by atoms with van der Waals surface area (Å²) in [5.74, 6) is -0.138. The highest BCUT2D eigenvalue weighted by atomic mass is 16.5. The third-order valence-electron chi connectivity index (χ3n) is 4.56. The normalized spacial score (nSPS) is 16.5. The molecule has 26 heavy (non-hydrogen) atoms. The molecule has 4 rings (SSSR count). The number of aromatic nitrogens is 2. The Labute approximate surface area is 152 Å². The highest BCUT2D eigenvalue weighted by Crippen LogP contribution is 2.20. The molecule has 0 radical (unpaired) electrons. The van der Waals surface area contributed by atoms with Crippen molar-refractivity contribution >= 4 is 11.6 Å². The summed E-state index contributed by atoms with van der Waals surface area (Å²) in [6.07, 6.45) is 5.91. The Balaban J connectivity index is 1.39. The van der Waals surface area contributed by atoms with Crippen molar-refractivity contribution in [3.63, 3.8) is 0 Å². The third-order valence-corrected chi connectivity index (χ3v) is 4.56. The van der Waals surface area contributed by atoms with Gasteiger partial charge < -0.3 is 10.1 Å². The van der Waals surface area contributed by atoms with E-state index in [1.54, 1.807) is 6.20 Å². The van der Waals surface area contributed by atoms with Gasteiger partial charge in [-0.2, -0.15) is 5.10 Å². The fourth-order valence-electron chi connectivity index (χ4n) is 3.17. The van der Waals surface area contributed by atoms with E-state index in [0.29, 0.717) is 11.3 Å².